The Morgan fingerprint density at radius 3 is 1.71 bits per heavy atom. The standard InChI is InChI=1S/C19H29PS/c21-20(18-12-6-2-7-13-18,19-14-8-3-9-15-19)16-17-10-4-1-5-11-17/h1,4-5,10-11,18-19H,2-3,6-9,12-16H2. The Kier molecular flexibility index (Phi) is 5.57. The Labute approximate surface area is 135 Å². The van der Waals surface area contributed by atoms with Crippen LogP contribution in [0.15, 0.2) is 30.3 Å². The molecule has 0 saturated heterocycles. The molecule has 0 heterocycles. The zero-order valence-corrected chi connectivity index (χ0v) is 14.9. The van der Waals surface area contributed by atoms with Crippen molar-refractivity contribution in [3.8, 4) is 0 Å². The molecule has 0 radical (unpaired) electrons. The first-order valence-electron chi connectivity index (χ1n) is 8.91. The minimum Gasteiger partial charge on any atom is -0.0966 e. The lowest BCUT2D eigenvalue weighted by Gasteiger charge is -2.41. The van der Waals surface area contributed by atoms with Crippen LogP contribution in [0, 0.1) is 0 Å². The van der Waals surface area contributed by atoms with Crippen LogP contribution in [-0.4, -0.2) is 11.3 Å². The predicted molar refractivity (Wildman–Crippen MR) is 98.2 cm³/mol. The molecule has 1 aromatic rings. The fraction of sp³-hybridized carbons (Fsp3) is 0.684. The number of hydrogen-bond donors (Lipinski definition) is 0. The van der Waals surface area contributed by atoms with Gasteiger partial charge in [0.05, 0.1) is 0 Å². The molecular weight excluding hydrogens is 291 g/mol. The van der Waals surface area contributed by atoms with E-state index in [0.717, 1.165) is 11.3 Å². The highest BCUT2D eigenvalue weighted by Crippen LogP contribution is 2.64. The molecule has 116 valence electrons. The highest BCUT2D eigenvalue weighted by atomic mass is 32.4. The molecule has 0 N–H and O–H groups in total. The molecule has 1 aromatic carbocycles. The van der Waals surface area contributed by atoms with Crippen LogP contribution in [0.3, 0.4) is 0 Å². The van der Waals surface area contributed by atoms with Crippen LogP contribution >= 0.6 is 6.04 Å². The smallest absolute Gasteiger partial charge is 0.00226 e. The Hall–Kier alpha value is -0.130. The van der Waals surface area contributed by atoms with E-state index in [1.54, 1.807) is 0 Å². The molecule has 2 fully saturated rings. The average molecular weight is 320 g/mol. The van der Waals surface area contributed by atoms with Crippen LogP contribution in [-0.2, 0) is 18.0 Å². The third-order valence-corrected chi connectivity index (χ3v) is 12.2. The van der Waals surface area contributed by atoms with Gasteiger partial charge in [0.15, 0.2) is 0 Å². The largest absolute Gasteiger partial charge is 0.0966 e. The summed E-state index contributed by atoms with van der Waals surface area (Å²) >= 11 is 6.53. The summed E-state index contributed by atoms with van der Waals surface area (Å²) < 4.78 is 0. The van der Waals surface area contributed by atoms with Gasteiger partial charge in [-0.25, -0.2) is 0 Å². The maximum absolute atomic E-state index is 6.53. The van der Waals surface area contributed by atoms with Crippen LogP contribution in [0.4, 0.5) is 0 Å². The topological polar surface area (TPSA) is 0 Å². The van der Waals surface area contributed by atoms with Gasteiger partial charge in [-0.15, -0.1) is 0 Å². The molecule has 2 heteroatoms. The van der Waals surface area contributed by atoms with Crippen LogP contribution in [0.25, 0.3) is 0 Å². The van der Waals surface area contributed by atoms with Gasteiger partial charge in [0.2, 0.25) is 0 Å². The van der Waals surface area contributed by atoms with E-state index in [4.69, 9.17) is 11.8 Å². The first-order valence-corrected chi connectivity index (χ1v) is 12.0. The fourth-order valence-electron chi connectivity index (χ4n) is 4.46. The van der Waals surface area contributed by atoms with E-state index in [9.17, 15) is 0 Å². The van der Waals surface area contributed by atoms with E-state index >= 15 is 0 Å². The van der Waals surface area contributed by atoms with E-state index in [2.05, 4.69) is 30.3 Å². The zero-order valence-electron chi connectivity index (χ0n) is 13.2. The second-order valence-electron chi connectivity index (χ2n) is 7.08. The van der Waals surface area contributed by atoms with E-state index in [0.29, 0.717) is 0 Å². The zero-order chi connectivity index (χ0) is 14.5. The molecule has 0 aliphatic heterocycles. The molecule has 0 nitrogen and oxygen atoms in total. The summed E-state index contributed by atoms with van der Waals surface area (Å²) in [7, 11) is 0. The van der Waals surface area contributed by atoms with Gasteiger partial charge in [-0.2, -0.15) is 0 Å². The normalized spacial score (nSPS) is 22.3. The number of hydrogen-bond acceptors (Lipinski definition) is 1. The van der Waals surface area contributed by atoms with Crippen LogP contribution < -0.4 is 0 Å². The molecule has 0 aromatic heterocycles. The Bertz CT molecular complexity index is 448. The van der Waals surface area contributed by atoms with Crippen LogP contribution in [0.1, 0.15) is 69.8 Å². The molecule has 3 rings (SSSR count). The maximum atomic E-state index is 6.53. The molecular formula is C19H29PS. The van der Waals surface area contributed by atoms with Gasteiger partial charge < -0.3 is 0 Å². The van der Waals surface area contributed by atoms with Crippen molar-refractivity contribution in [1.82, 2.24) is 0 Å². The van der Waals surface area contributed by atoms with E-state index in [1.165, 1.54) is 75.9 Å². The second kappa shape index (κ2) is 7.42. The summed E-state index contributed by atoms with van der Waals surface area (Å²) in [5.74, 6) is 0. The first-order chi connectivity index (χ1) is 10.3. The summed E-state index contributed by atoms with van der Waals surface area (Å²) in [6, 6.07) is 9.88. The summed E-state index contributed by atoms with van der Waals surface area (Å²) in [4.78, 5) is 0. The van der Waals surface area contributed by atoms with E-state index < -0.39 is 6.04 Å². The average Bonchev–Trinajstić information content (AvgIpc) is 2.57. The van der Waals surface area contributed by atoms with E-state index in [-0.39, 0.29) is 0 Å². The van der Waals surface area contributed by atoms with Gasteiger partial charge in [-0.05, 0) is 48.6 Å². The van der Waals surface area contributed by atoms with Gasteiger partial charge in [-0.1, -0.05) is 80.7 Å². The van der Waals surface area contributed by atoms with Crippen molar-refractivity contribution in [3.63, 3.8) is 0 Å². The third-order valence-electron chi connectivity index (χ3n) is 5.66. The van der Waals surface area contributed by atoms with Crippen molar-refractivity contribution < 1.29 is 0 Å². The molecule has 2 aliphatic carbocycles. The summed E-state index contributed by atoms with van der Waals surface area (Å²) in [6.07, 6.45) is 15.6. The molecule has 0 unspecified atom stereocenters. The van der Waals surface area contributed by atoms with Crippen molar-refractivity contribution in [2.24, 2.45) is 0 Å². The van der Waals surface area contributed by atoms with Gasteiger partial charge in [-0.3, -0.25) is 0 Å². The van der Waals surface area contributed by atoms with Gasteiger partial charge in [0.1, 0.15) is 0 Å². The van der Waals surface area contributed by atoms with Crippen molar-refractivity contribution in [1.29, 1.82) is 0 Å². The Morgan fingerprint density at radius 2 is 1.24 bits per heavy atom. The molecule has 0 atom stereocenters. The third kappa shape index (κ3) is 3.80. The molecule has 21 heavy (non-hydrogen) atoms. The monoisotopic (exact) mass is 320 g/mol. The number of benzene rings is 1. The summed E-state index contributed by atoms with van der Waals surface area (Å²) in [5, 5.41) is 0. The summed E-state index contributed by atoms with van der Waals surface area (Å²) in [6.45, 7) is 0. The van der Waals surface area contributed by atoms with Crippen LogP contribution in [0.2, 0.25) is 0 Å². The Balaban J connectivity index is 1.83. The molecule has 2 saturated carbocycles. The van der Waals surface area contributed by atoms with Crippen molar-refractivity contribution in [3.05, 3.63) is 35.9 Å². The van der Waals surface area contributed by atoms with Gasteiger partial charge >= 0.3 is 0 Å². The highest BCUT2D eigenvalue weighted by molar-refractivity contribution is 8.14. The van der Waals surface area contributed by atoms with Crippen molar-refractivity contribution >= 4 is 17.8 Å². The second-order valence-corrected chi connectivity index (χ2v) is 12.6. The molecule has 0 bridgehead atoms. The number of rotatable bonds is 4. The van der Waals surface area contributed by atoms with Crippen LogP contribution in [0.5, 0.6) is 0 Å². The summed E-state index contributed by atoms with van der Waals surface area (Å²) in [5.41, 5.74) is 3.30. The quantitative estimate of drug-likeness (QED) is 0.584. The fourth-order valence-corrected chi connectivity index (χ4v) is 10.5. The molecule has 0 spiro atoms. The molecule has 0 amide bonds. The molecule has 2 aliphatic rings. The maximum Gasteiger partial charge on any atom is 0.00226 e. The lowest BCUT2D eigenvalue weighted by Crippen LogP contribution is -2.24. The highest BCUT2D eigenvalue weighted by Gasteiger charge is 2.37. The van der Waals surface area contributed by atoms with Crippen molar-refractivity contribution in [2.75, 3.05) is 0 Å². The first kappa shape index (κ1) is 15.8. The van der Waals surface area contributed by atoms with Gasteiger partial charge in [0.25, 0.3) is 0 Å². The lowest BCUT2D eigenvalue weighted by atomic mass is 9.99. The van der Waals surface area contributed by atoms with Gasteiger partial charge in [0, 0.05) is 6.16 Å². The van der Waals surface area contributed by atoms with E-state index in [1.807, 2.05) is 0 Å². The lowest BCUT2D eigenvalue weighted by molar-refractivity contribution is 0.483. The SMILES string of the molecule is S=P(Cc1ccccc1)(C1CCCCC1)C1CCCCC1. The Morgan fingerprint density at radius 1 is 0.762 bits per heavy atom. The van der Waals surface area contributed by atoms with Crippen molar-refractivity contribution in [2.45, 2.75) is 81.7 Å². The predicted octanol–water partition coefficient (Wildman–Crippen LogP) is 6.33. The minimum atomic E-state index is -1.26. The minimum absolute atomic E-state index is 0.893.